The SMILES string of the molecule is Cn1c(=O)c2ccccc2n2c(Cn3cnc4ccc(Br)cc4c3=O)nnc12. The molecule has 0 amide bonds. The van der Waals surface area contributed by atoms with E-state index in [1.165, 1.54) is 15.5 Å². The number of hydrogen-bond donors (Lipinski definition) is 0. The predicted octanol–water partition coefficient (Wildman–Crippen LogP) is 2.10. The van der Waals surface area contributed by atoms with Crippen LogP contribution in [-0.4, -0.2) is 28.7 Å². The number of hydrogen-bond acceptors (Lipinski definition) is 5. The van der Waals surface area contributed by atoms with Gasteiger partial charge in [-0.3, -0.25) is 23.1 Å². The molecule has 3 aromatic heterocycles. The van der Waals surface area contributed by atoms with Crippen molar-refractivity contribution >= 4 is 43.5 Å². The zero-order valence-corrected chi connectivity index (χ0v) is 16.3. The van der Waals surface area contributed by atoms with Gasteiger partial charge < -0.3 is 0 Å². The lowest BCUT2D eigenvalue weighted by molar-refractivity contribution is 0.700. The summed E-state index contributed by atoms with van der Waals surface area (Å²) in [6.45, 7) is 0.178. The lowest BCUT2D eigenvalue weighted by Gasteiger charge is -2.09. The third-order valence-corrected chi connectivity index (χ3v) is 5.28. The molecular formula is C19H13BrN6O2. The third kappa shape index (κ3) is 2.40. The first-order valence-electron chi connectivity index (χ1n) is 8.51. The molecule has 5 rings (SSSR count). The van der Waals surface area contributed by atoms with Gasteiger partial charge in [-0.2, -0.15) is 0 Å². The molecule has 0 spiro atoms. The van der Waals surface area contributed by atoms with Crippen molar-refractivity contribution in [1.29, 1.82) is 0 Å². The fourth-order valence-electron chi connectivity index (χ4n) is 3.39. The molecule has 28 heavy (non-hydrogen) atoms. The van der Waals surface area contributed by atoms with Crippen molar-refractivity contribution in [3.05, 3.63) is 79.8 Å². The van der Waals surface area contributed by atoms with Crippen molar-refractivity contribution < 1.29 is 0 Å². The maximum atomic E-state index is 12.9. The second kappa shape index (κ2) is 6.10. The van der Waals surface area contributed by atoms with Gasteiger partial charge in [0.05, 0.1) is 34.7 Å². The number of benzene rings is 2. The van der Waals surface area contributed by atoms with Gasteiger partial charge in [0, 0.05) is 11.5 Å². The van der Waals surface area contributed by atoms with Crippen LogP contribution in [0.2, 0.25) is 0 Å². The van der Waals surface area contributed by atoms with E-state index in [1.54, 1.807) is 29.6 Å². The summed E-state index contributed by atoms with van der Waals surface area (Å²) in [4.78, 5) is 29.8. The second-order valence-corrected chi connectivity index (χ2v) is 7.39. The van der Waals surface area contributed by atoms with Crippen molar-refractivity contribution in [3.8, 4) is 0 Å². The van der Waals surface area contributed by atoms with E-state index in [0.29, 0.717) is 33.4 Å². The van der Waals surface area contributed by atoms with E-state index < -0.39 is 0 Å². The molecule has 2 aromatic carbocycles. The Balaban J connectivity index is 1.76. The van der Waals surface area contributed by atoms with Gasteiger partial charge in [0.25, 0.3) is 11.1 Å². The molecule has 0 fully saturated rings. The van der Waals surface area contributed by atoms with Gasteiger partial charge in [-0.1, -0.05) is 28.1 Å². The number of aryl methyl sites for hydroxylation is 1. The molecule has 9 heteroatoms. The Bertz CT molecular complexity index is 1510. The van der Waals surface area contributed by atoms with Crippen molar-refractivity contribution in [2.75, 3.05) is 0 Å². The highest BCUT2D eigenvalue weighted by Gasteiger charge is 2.15. The largest absolute Gasteiger partial charge is 0.291 e. The van der Waals surface area contributed by atoms with Gasteiger partial charge in [0.1, 0.15) is 0 Å². The molecule has 0 atom stereocenters. The summed E-state index contributed by atoms with van der Waals surface area (Å²) in [6.07, 6.45) is 1.50. The molecule has 3 heterocycles. The monoisotopic (exact) mass is 436 g/mol. The van der Waals surface area contributed by atoms with Crippen LogP contribution in [0.25, 0.3) is 27.6 Å². The highest BCUT2D eigenvalue weighted by molar-refractivity contribution is 9.10. The van der Waals surface area contributed by atoms with Crippen molar-refractivity contribution in [3.63, 3.8) is 0 Å². The van der Waals surface area contributed by atoms with Gasteiger partial charge in [0.2, 0.25) is 5.78 Å². The molecular weight excluding hydrogens is 424 g/mol. The highest BCUT2D eigenvalue weighted by atomic mass is 79.9. The molecule has 0 unspecified atom stereocenters. The van der Waals surface area contributed by atoms with E-state index in [1.807, 2.05) is 24.3 Å². The standard InChI is InChI=1S/C19H13BrN6O2/c1-24-17(27)12-4-2-3-5-15(12)26-16(22-23-19(24)26)9-25-10-21-14-7-6-11(20)8-13(14)18(25)28/h2-8,10H,9H2,1H3. The first-order valence-corrected chi connectivity index (χ1v) is 9.30. The van der Waals surface area contributed by atoms with E-state index in [0.717, 1.165) is 4.47 Å². The zero-order valence-electron chi connectivity index (χ0n) is 14.7. The lowest BCUT2D eigenvalue weighted by atomic mass is 10.2. The molecule has 0 radical (unpaired) electrons. The van der Waals surface area contributed by atoms with Crippen LogP contribution in [0.15, 0.2) is 62.9 Å². The normalized spacial score (nSPS) is 11.6. The van der Waals surface area contributed by atoms with E-state index in [-0.39, 0.29) is 17.7 Å². The molecule has 0 aliphatic heterocycles. The highest BCUT2D eigenvalue weighted by Crippen LogP contribution is 2.16. The van der Waals surface area contributed by atoms with Crippen LogP contribution in [0, 0.1) is 0 Å². The Morgan fingerprint density at radius 2 is 1.82 bits per heavy atom. The minimum Gasteiger partial charge on any atom is -0.291 e. The zero-order chi connectivity index (χ0) is 19.4. The lowest BCUT2D eigenvalue weighted by Crippen LogP contribution is -2.23. The Morgan fingerprint density at radius 3 is 2.68 bits per heavy atom. The van der Waals surface area contributed by atoms with E-state index in [2.05, 4.69) is 31.1 Å². The number of fused-ring (bicyclic) bond motifs is 4. The summed E-state index contributed by atoms with van der Waals surface area (Å²) in [5.41, 5.74) is 1.02. The molecule has 5 aromatic rings. The van der Waals surface area contributed by atoms with Crippen LogP contribution in [0.5, 0.6) is 0 Å². The smallest absolute Gasteiger partial charge is 0.262 e. The fraction of sp³-hybridized carbons (Fsp3) is 0.105. The van der Waals surface area contributed by atoms with Crippen LogP contribution < -0.4 is 11.1 Å². The molecule has 0 N–H and O–H groups in total. The quantitative estimate of drug-likeness (QED) is 0.422. The van der Waals surface area contributed by atoms with E-state index in [9.17, 15) is 9.59 Å². The molecule has 0 saturated heterocycles. The van der Waals surface area contributed by atoms with Crippen LogP contribution in [0.1, 0.15) is 5.82 Å². The maximum Gasteiger partial charge on any atom is 0.262 e. The first-order chi connectivity index (χ1) is 13.5. The number of para-hydroxylation sites is 1. The fourth-order valence-corrected chi connectivity index (χ4v) is 3.75. The van der Waals surface area contributed by atoms with Crippen molar-refractivity contribution in [2.24, 2.45) is 7.05 Å². The topological polar surface area (TPSA) is 87.1 Å². The third-order valence-electron chi connectivity index (χ3n) is 4.79. The predicted molar refractivity (Wildman–Crippen MR) is 109 cm³/mol. The molecule has 0 saturated carbocycles. The Kier molecular flexibility index (Phi) is 3.66. The number of rotatable bonds is 2. The number of nitrogens with zero attached hydrogens (tertiary/aromatic N) is 6. The van der Waals surface area contributed by atoms with Crippen molar-refractivity contribution in [2.45, 2.75) is 6.54 Å². The molecule has 0 aliphatic carbocycles. The minimum absolute atomic E-state index is 0.142. The Hall–Kier alpha value is -3.33. The molecule has 8 nitrogen and oxygen atoms in total. The minimum atomic E-state index is -0.169. The van der Waals surface area contributed by atoms with Crippen LogP contribution in [-0.2, 0) is 13.6 Å². The summed E-state index contributed by atoms with van der Waals surface area (Å²) >= 11 is 3.39. The molecule has 0 bridgehead atoms. The van der Waals surface area contributed by atoms with Gasteiger partial charge >= 0.3 is 0 Å². The summed E-state index contributed by atoms with van der Waals surface area (Å²) < 4.78 is 5.56. The average molecular weight is 437 g/mol. The Labute approximate surface area is 165 Å². The van der Waals surface area contributed by atoms with Crippen molar-refractivity contribution in [1.82, 2.24) is 28.7 Å². The summed E-state index contributed by atoms with van der Waals surface area (Å²) in [7, 11) is 1.66. The van der Waals surface area contributed by atoms with Gasteiger partial charge in [-0.05, 0) is 30.3 Å². The summed E-state index contributed by atoms with van der Waals surface area (Å²) in [6, 6.07) is 12.7. The first kappa shape index (κ1) is 16.8. The Morgan fingerprint density at radius 1 is 1.00 bits per heavy atom. The van der Waals surface area contributed by atoms with E-state index >= 15 is 0 Å². The van der Waals surface area contributed by atoms with Crippen LogP contribution in [0.4, 0.5) is 0 Å². The van der Waals surface area contributed by atoms with Gasteiger partial charge in [-0.25, -0.2) is 4.98 Å². The average Bonchev–Trinajstić information content (AvgIpc) is 3.12. The van der Waals surface area contributed by atoms with Gasteiger partial charge in [-0.15, -0.1) is 10.2 Å². The van der Waals surface area contributed by atoms with E-state index in [4.69, 9.17) is 0 Å². The molecule has 0 aliphatic rings. The number of aromatic nitrogens is 6. The maximum absolute atomic E-state index is 12.9. The summed E-state index contributed by atoms with van der Waals surface area (Å²) in [5.74, 6) is 0.961. The number of halogens is 1. The van der Waals surface area contributed by atoms with Crippen LogP contribution in [0.3, 0.4) is 0 Å². The second-order valence-electron chi connectivity index (χ2n) is 6.47. The summed E-state index contributed by atoms with van der Waals surface area (Å²) in [5, 5.41) is 9.48. The van der Waals surface area contributed by atoms with Crippen LogP contribution >= 0.6 is 15.9 Å². The molecule has 138 valence electrons. The van der Waals surface area contributed by atoms with Gasteiger partial charge in [0.15, 0.2) is 5.82 Å².